The molecule has 0 radical (unpaired) electrons. The number of carbonyl (C=O) groups is 1. The van der Waals surface area contributed by atoms with Gasteiger partial charge in [0.1, 0.15) is 35.4 Å². The van der Waals surface area contributed by atoms with Gasteiger partial charge in [0.05, 0.1) is 22.0 Å². The second kappa shape index (κ2) is 15.6. The molecule has 1 aliphatic rings. The number of aromatic nitrogens is 4. The summed E-state index contributed by atoms with van der Waals surface area (Å²) < 4.78 is 132. The van der Waals surface area contributed by atoms with Gasteiger partial charge in [0.2, 0.25) is 5.91 Å². The van der Waals surface area contributed by atoms with Crippen molar-refractivity contribution >= 4 is 38.9 Å². The number of halogens is 9. The minimum Gasteiger partial charge on any atom is -0.360 e. The summed E-state index contributed by atoms with van der Waals surface area (Å²) in [6, 6.07) is 6.98. The smallest absolute Gasteiger partial charge is 0.290 e. The molecule has 2 aromatic carbocycles. The van der Waals surface area contributed by atoms with Gasteiger partial charge in [0.25, 0.3) is 18.3 Å². The molecule has 0 saturated heterocycles. The predicted octanol–water partition coefficient (Wildman–Crippen LogP) is 8.01. The standard InChI is InChI=1S/C36H33F9N8OS/c1-46-16-20-13-19(4-5-24(20)39)23-15-26-33(50-34(55-26)47-8-9-52(2)3)49-29(23)25(12-18-10-21(37)14-22(38)11-18)48-27(54)17-53-31-28(30(51-53)32(40)41)35(42,43)6-7-36(31,44)45/h4-5,10-11,13-16,25,32H,6-9,12,17H2,1-3H3,(H,48,54)(H,47,49,50). The number of fused-ring (bicyclic) bond motifs is 2. The predicted molar refractivity (Wildman–Crippen MR) is 189 cm³/mol. The van der Waals surface area contributed by atoms with Gasteiger partial charge >= 0.3 is 0 Å². The minimum absolute atomic E-state index is 0.0144. The van der Waals surface area contributed by atoms with Crippen molar-refractivity contribution < 1.29 is 44.3 Å². The van der Waals surface area contributed by atoms with Crippen molar-refractivity contribution in [1.82, 2.24) is 30.0 Å². The molecule has 1 unspecified atom stereocenters. The number of hydrogen-bond acceptors (Lipinski definition) is 8. The average Bonchev–Trinajstić information content (AvgIpc) is 3.69. The lowest BCUT2D eigenvalue weighted by molar-refractivity contribution is -0.123. The lowest BCUT2D eigenvalue weighted by Crippen LogP contribution is -2.37. The van der Waals surface area contributed by atoms with E-state index < -0.39 is 84.0 Å². The van der Waals surface area contributed by atoms with Crippen LogP contribution in [0.15, 0.2) is 47.5 Å². The Morgan fingerprint density at radius 3 is 2.38 bits per heavy atom. The Hall–Kier alpha value is -5.04. The number of hydrogen-bond donors (Lipinski definition) is 2. The minimum atomic E-state index is -4.07. The molecule has 1 amide bonds. The van der Waals surface area contributed by atoms with E-state index >= 15 is 8.78 Å². The number of carbonyl (C=O) groups excluding carboxylic acids is 1. The summed E-state index contributed by atoms with van der Waals surface area (Å²) in [5.74, 6) is -11.8. The van der Waals surface area contributed by atoms with Gasteiger partial charge in [0.15, 0.2) is 10.8 Å². The number of alkyl halides is 6. The molecule has 1 aliphatic carbocycles. The first kappa shape index (κ1) is 39.6. The number of benzene rings is 2. The zero-order chi connectivity index (χ0) is 39.8. The van der Waals surface area contributed by atoms with Crippen LogP contribution in [0.1, 0.15) is 59.1 Å². The maximum absolute atomic E-state index is 15.1. The van der Waals surface area contributed by atoms with E-state index in [2.05, 4.69) is 25.7 Å². The van der Waals surface area contributed by atoms with Crippen molar-refractivity contribution in [1.29, 1.82) is 0 Å². The van der Waals surface area contributed by atoms with Crippen molar-refractivity contribution in [3.8, 4) is 11.1 Å². The molecule has 9 nitrogen and oxygen atoms in total. The molecule has 3 heterocycles. The number of aliphatic imine (C=N–C) groups is 1. The third kappa shape index (κ3) is 8.61. The first-order chi connectivity index (χ1) is 25.9. The SMILES string of the molecule is CN=Cc1cc(-c2cc3sc(NCCN(C)C)nc3nc2C(Cc2cc(F)cc(F)c2)NC(=O)Cn2nc(C(F)F)c3c2C(F)(F)CCC3(F)F)ccc1F. The molecule has 5 aromatic rings. The topological polar surface area (TPSA) is 100 Å². The Balaban J connectivity index is 1.48. The number of rotatable bonds is 13. The van der Waals surface area contributed by atoms with Crippen LogP contribution in [0.4, 0.5) is 44.6 Å². The van der Waals surface area contributed by atoms with Crippen molar-refractivity contribution in [2.75, 3.05) is 39.5 Å². The first-order valence-electron chi connectivity index (χ1n) is 16.8. The normalized spacial score (nSPS) is 15.6. The van der Waals surface area contributed by atoms with E-state index in [1.54, 1.807) is 6.07 Å². The van der Waals surface area contributed by atoms with E-state index in [1.807, 2.05) is 19.0 Å². The molecule has 0 spiro atoms. The van der Waals surface area contributed by atoms with Crippen LogP contribution < -0.4 is 10.6 Å². The zero-order valence-corrected chi connectivity index (χ0v) is 30.2. The molecule has 0 fully saturated rings. The van der Waals surface area contributed by atoms with Crippen LogP contribution >= 0.6 is 11.3 Å². The lowest BCUT2D eigenvalue weighted by atomic mass is 9.89. The third-order valence-electron chi connectivity index (χ3n) is 8.79. The number of nitrogens with zero attached hydrogens (tertiary/aromatic N) is 6. The largest absolute Gasteiger partial charge is 0.360 e. The summed E-state index contributed by atoms with van der Waals surface area (Å²) in [5.41, 5.74) is -3.73. The van der Waals surface area contributed by atoms with Gasteiger partial charge in [-0.25, -0.2) is 40.7 Å². The van der Waals surface area contributed by atoms with Crippen molar-refractivity contribution in [2.24, 2.45) is 4.99 Å². The summed E-state index contributed by atoms with van der Waals surface area (Å²) in [4.78, 5) is 28.9. The van der Waals surface area contributed by atoms with E-state index in [4.69, 9.17) is 4.98 Å². The average molecular weight is 797 g/mol. The van der Waals surface area contributed by atoms with E-state index in [0.717, 1.165) is 12.1 Å². The Kier molecular flexibility index (Phi) is 11.2. The Morgan fingerprint density at radius 1 is 1.00 bits per heavy atom. The molecule has 55 heavy (non-hydrogen) atoms. The Bertz CT molecular complexity index is 2240. The van der Waals surface area contributed by atoms with E-state index in [1.165, 1.54) is 42.8 Å². The summed E-state index contributed by atoms with van der Waals surface area (Å²) in [6.07, 6.45) is -5.55. The molecule has 0 bridgehead atoms. The van der Waals surface area contributed by atoms with Crippen LogP contribution in [0.2, 0.25) is 0 Å². The van der Waals surface area contributed by atoms with Crippen LogP contribution in [0, 0.1) is 17.5 Å². The quantitative estimate of drug-likeness (QED) is 0.0926. The van der Waals surface area contributed by atoms with Gasteiger partial charge in [0, 0.05) is 56.4 Å². The zero-order valence-electron chi connectivity index (χ0n) is 29.4. The van der Waals surface area contributed by atoms with Crippen molar-refractivity contribution in [2.45, 2.75) is 50.1 Å². The van der Waals surface area contributed by atoms with E-state index in [9.17, 15) is 35.5 Å². The van der Waals surface area contributed by atoms with Gasteiger partial charge in [-0.15, -0.1) is 0 Å². The summed E-state index contributed by atoms with van der Waals surface area (Å²) in [7, 11) is 5.22. The van der Waals surface area contributed by atoms with Crippen molar-refractivity contribution in [3.05, 3.63) is 93.7 Å². The lowest BCUT2D eigenvalue weighted by Gasteiger charge is -2.29. The highest BCUT2D eigenvalue weighted by Crippen LogP contribution is 2.52. The molecule has 0 aliphatic heterocycles. The monoisotopic (exact) mass is 796 g/mol. The molecular weight excluding hydrogens is 764 g/mol. The summed E-state index contributed by atoms with van der Waals surface area (Å²) in [5, 5.41) is 9.60. The number of anilines is 1. The van der Waals surface area contributed by atoms with Crippen molar-refractivity contribution in [3.63, 3.8) is 0 Å². The number of nitrogens with one attached hydrogen (secondary N) is 2. The number of thiazole rings is 1. The molecule has 3 aromatic heterocycles. The van der Waals surface area contributed by atoms with Crippen LogP contribution in [-0.4, -0.2) is 71.0 Å². The summed E-state index contributed by atoms with van der Waals surface area (Å²) in [6.45, 7) is -0.0304. The van der Waals surface area contributed by atoms with Gasteiger partial charge < -0.3 is 15.5 Å². The Labute approximate surface area is 312 Å². The maximum Gasteiger partial charge on any atom is 0.290 e. The van der Waals surface area contributed by atoms with Gasteiger partial charge in [-0.05, 0) is 62.0 Å². The second-order valence-electron chi connectivity index (χ2n) is 13.2. The number of likely N-dealkylation sites (N-methyl/N-ethyl adjacent to an activating group) is 1. The number of amides is 1. The fourth-order valence-corrected chi connectivity index (χ4v) is 7.25. The number of pyridine rings is 1. The van der Waals surface area contributed by atoms with Gasteiger partial charge in [-0.2, -0.15) is 13.9 Å². The second-order valence-corrected chi connectivity index (χ2v) is 14.2. The summed E-state index contributed by atoms with van der Waals surface area (Å²) >= 11 is 1.24. The fourth-order valence-electron chi connectivity index (χ4n) is 6.38. The molecular formula is C36H33F9N8OS. The molecule has 2 N–H and O–H groups in total. The Morgan fingerprint density at radius 2 is 1.71 bits per heavy atom. The third-order valence-corrected chi connectivity index (χ3v) is 9.74. The van der Waals surface area contributed by atoms with E-state index in [0.29, 0.717) is 40.1 Å². The maximum atomic E-state index is 15.1. The first-order valence-corrected chi connectivity index (χ1v) is 17.6. The van der Waals surface area contributed by atoms with Gasteiger partial charge in [-0.1, -0.05) is 17.4 Å². The highest BCUT2D eigenvalue weighted by atomic mass is 32.1. The van der Waals surface area contributed by atoms with Crippen LogP contribution in [0.5, 0.6) is 0 Å². The molecule has 1 atom stereocenters. The highest BCUT2D eigenvalue weighted by molar-refractivity contribution is 7.22. The highest BCUT2D eigenvalue weighted by Gasteiger charge is 2.55. The van der Waals surface area contributed by atoms with Crippen LogP contribution in [-0.2, 0) is 29.6 Å². The fraction of sp³-hybridized carbons (Fsp3) is 0.361. The van der Waals surface area contributed by atoms with Gasteiger partial charge in [-0.3, -0.25) is 14.5 Å². The molecule has 6 rings (SSSR count). The van der Waals surface area contributed by atoms with Crippen LogP contribution in [0.25, 0.3) is 21.5 Å². The molecule has 19 heteroatoms. The van der Waals surface area contributed by atoms with E-state index in [-0.39, 0.29) is 33.6 Å². The van der Waals surface area contributed by atoms with Crippen LogP contribution in [0.3, 0.4) is 0 Å². The molecule has 0 saturated carbocycles. The molecule has 292 valence electrons.